The lowest BCUT2D eigenvalue weighted by Gasteiger charge is -2.19. The molecule has 23 heavy (non-hydrogen) atoms. The number of nitrogens with one attached hydrogen (secondary N) is 1. The molecule has 2 aromatic carbocycles. The fourth-order valence-electron chi connectivity index (χ4n) is 2.21. The fraction of sp³-hybridized carbons (Fsp3) is 0.176. The maximum atomic E-state index is 12.5. The predicted octanol–water partition coefficient (Wildman–Crippen LogP) is 3.33. The maximum Gasteiger partial charge on any atom is 0.256 e. The number of hydrogen-bond donors (Lipinski definition) is 1. The largest absolute Gasteiger partial charge is 0.486 e. The fourth-order valence-corrected chi connectivity index (χ4v) is 2.92. The number of anilines is 1. The van der Waals surface area contributed by atoms with Crippen LogP contribution < -0.4 is 14.8 Å². The van der Waals surface area contributed by atoms with E-state index < -0.39 is 0 Å². The normalized spacial score (nSPS) is 12.3. The van der Waals surface area contributed by atoms with Gasteiger partial charge in [-0.2, -0.15) is 5.26 Å². The van der Waals surface area contributed by atoms with Gasteiger partial charge in [-0.1, -0.05) is 12.1 Å². The minimum Gasteiger partial charge on any atom is -0.486 e. The van der Waals surface area contributed by atoms with Crippen molar-refractivity contribution < 1.29 is 14.3 Å². The number of amides is 1. The molecule has 0 atom stereocenters. The summed E-state index contributed by atoms with van der Waals surface area (Å²) in [6, 6.07) is 14.6. The second kappa shape index (κ2) is 7.07. The van der Waals surface area contributed by atoms with E-state index in [-0.39, 0.29) is 5.91 Å². The Kier molecular flexibility index (Phi) is 4.69. The molecule has 5 nitrogen and oxygen atoms in total. The second-order valence-electron chi connectivity index (χ2n) is 4.76. The van der Waals surface area contributed by atoms with Crippen molar-refractivity contribution in [1.82, 2.24) is 0 Å². The molecule has 2 aromatic rings. The maximum absolute atomic E-state index is 12.5. The molecule has 1 amide bonds. The SMILES string of the molecule is N#CCSc1ccccc1C(=O)Nc1ccc2c(c1)OCCO2. The zero-order valence-electron chi connectivity index (χ0n) is 12.2. The van der Waals surface area contributed by atoms with Crippen molar-refractivity contribution in [2.45, 2.75) is 4.90 Å². The van der Waals surface area contributed by atoms with Crippen LogP contribution in [0.4, 0.5) is 5.69 Å². The number of nitrogens with zero attached hydrogens (tertiary/aromatic N) is 1. The summed E-state index contributed by atoms with van der Waals surface area (Å²) in [5.74, 6) is 1.39. The van der Waals surface area contributed by atoms with Gasteiger partial charge >= 0.3 is 0 Å². The van der Waals surface area contributed by atoms with Crippen LogP contribution in [0.1, 0.15) is 10.4 Å². The number of hydrogen-bond acceptors (Lipinski definition) is 5. The molecule has 0 unspecified atom stereocenters. The summed E-state index contributed by atoms with van der Waals surface area (Å²) < 4.78 is 11.0. The average Bonchev–Trinajstić information content (AvgIpc) is 2.60. The van der Waals surface area contributed by atoms with Crippen LogP contribution in [0, 0.1) is 11.3 Å². The van der Waals surface area contributed by atoms with E-state index in [9.17, 15) is 4.79 Å². The van der Waals surface area contributed by atoms with Gasteiger partial charge in [-0.25, -0.2) is 0 Å². The Morgan fingerprint density at radius 3 is 2.78 bits per heavy atom. The molecule has 1 N–H and O–H groups in total. The molecular formula is C17H14N2O3S. The van der Waals surface area contributed by atoms with Crippen LogP contribution in [0.15, 0.2) is 47.4 Å². The van der Waals surface area contributed by atoms with Crippen LogP contribution in [0.5, 0.6) is 11.5 Å². The molecule has 6 heteroatoms. The first-order valence-electron chi connectivity index (χ1n) is 7.08. The number of carbonyl (C=O) groups is 1. The molecule has 0 radical (unpaired) electrons. The Labute approximate surface area is 138 Å². The van der Waals surface area contributed by atoms with Gasteiger partial charge in [0.15, 0.2) is 11.5 Å². The lowest BCUT2D eigenvalue weighted by molar-refractivity contribution is 0.102. The smallest absolute Gasteiger partial charge is 0.256 e. The zero-order valence-corrected chi connectivity index (χ0v) is 13.1. The standard InChI is InChI=1S/C17H14N2O3S/c18-7-10-23-16-4-2-1-3-13(16)17(20)19-12-5-6-14-15(11-12)22-9-8-21-14/h1-6,11H,8-10H2,(H,19,20). The number of fused-ring (bicyclic) bond motifs is 1. The van der Waals surface area contributed by atoms with E-state index in [0.29, 0.717) is 41.7 Å². The van der Waals surface area contributed by atoms with E-state index in [1.165, 1.54) is 11.8 Å². The number of nitriles is 1. The van der Waals surface area contributed by atoms with Crippen molar-refractivity contribution in [2.24, 2.45) is 0 Å². The lowest BCUT2D eigenvalue weighted by Crippen LogP contribution is -2.16. The third kappa shape index (κ3) is 3.58. The third-order valence-corrected chi connectivity index (χ3v) is 4.16. The van der Waals surface area contributed by atoms with Gasteiger partial charge in [0.25, 0.3) is 5.91 Å². The number of benzene rings is 2. The van der Waals surface area contributed by atoms with Gasteiger partial charge in [-0.05, 0) is 24.3 Å². The van der Waals surface area contributed by atoms with Crippen LogP contribution in [-0.2, 0) is 0 Å². The highest BCUT2D eigenvalue weighted by Crippen LogP contribution is 2.33. The summed E-state index contributed by atoms with van der Waals surface area (Å²) in [4.78, 5) is 13.3. The first-order chi connectivity index (χ1) is 11.3. The van der Waals surface area contributed by atoms with Gasteiger partial charge < -0.3 is 14.8 Å². The van der Waals surface area contributed by atoms with E-state index >= 15 is 0 Å². The minimum absolute atomic E-state index is 0.220. The number of carbonyl (C=O) groups excluding carboxylic acids is 1. The van der Waals surface area contributed by atoms with Crippen molar-refractivity contribution in [3.8, 4) is 17.6 Å². The van der Waals surface area contributed by atoms with Crippen molar-refractivity contribution in [3.63, 3.8) is 0 Å². The summed E-state index contributed by atoms with van der Waals surface area (Å²) in [5, 5.41) is 11.6. The van der Waals surface area contributed by atoms with Gasteiger partial charge in [-0.3, -0.25) is 4.79 Å². The second-order valence-corrected chi connectivity index (χ2v) is 5.77. The summed E-state index contributed by atoms with van der Waals surface area (Å²) in [6.07, 6.45) is 0. The molecule has 0 aliphatic carbocycles. The predicted molar refractivity (Wildman–Crippen MR) is 88.2 cm³/mol. The molecule has 1 aliphatic heterocycles. The number of ether oxygens (including phenoxy) is 2. The van der Waals surface area contributed by atoms with Gasteiger partial charge in [-0.15, -0.1) is 11.8 Å². The molecule has 116 valence electrons. The van der Waals surface area contributed by atoms with Gasteiger partial charge in [0.05, 0.1) is 17.4 Å². The summed E-state index contributed by atoms with van der Waals surface area (Å²) in [6.45, 7) is 1.03. The molecule has 3 rings (SSSR count). The Balaban J connectivity index is 1.78. The van der Waals surface area contributed by atoms with E-state index in [1.807, 2.05) is 12.1 Å². The van der Waals surface area contributed by atoms with Gasteiger partial charge in [0.2, 0.25) is 0 Å². The van der Waals surface area contributed by atoms with Gasteiger partial charge in [0.1, 0.15) is 13.2 Å². The van der Waals surface area contributed by atoms with E-state index in [2.05, 4.69) is 11.4 Å². The molecule has 0 saturated heterocycles. The topological polar surface area (TPSA) is 71.4 Å². The van der Waals surface area contributed by atoms with E-state index in [0.717, 1.165) is 4.90 Å². The Morgan fingerprint density at radius 1 is 1.17 bits per heavy atom. The molecule has 0 aromatic heterocycles. The Bertz CT molecular complexity index is 771. The minimum atomic E-state index is -0.220. The van der Waals surface area contributed by atoms with Crippen molar-refractivity contribution in [3.05, 3.63) is 48.0 Å². The number of thioether (sulfide) groups is 1. The first-order valence-corrected chi connectivity index (χ1v) is 8.06. The van der Waals surface area contributed by atoms with Crippen molar-refractivity contribution >= 4 is 23.4 Å². The van der Waals surface area contributed by atoms with Crippen LogP contribution in [0.2, 0.25) is 0 Å². The molecule has 0 saturated carbocycles. The first kappa shape index (κ1) is 15.3. The Hall–Kier alpha value is -2.65. The van der Waals surface area contributed by atoms with E-state index in [1.54, 1.807) is 30.3 Å². The highest BCUT2D eigenvalue weighted by molar-refractivity contribution is 7.99. The molecule has 0 bridgehead atoms. The van der Waals surface area contributed by atoms with Crippen LogP contribution in [0.25, 0.3) is 0 Å². The molecule has 0 spiro atoms. The van der Waals surface area contributed by atoms with E-state index in [4.69, 9.17) is 14.7 Å². The van der Waals surface area contributed by atoms with Gasteiger partial charge in [0, 0.05) is 16.6 Å². The van der Waals surface area contributed by atoms with Crippen molar-refractivity contribution in [2.75, 3.05) is 24.3 Å². The summed E-state index contributed by atoms with van der Waals surface area (Å²) >= 11 is 1.34. The molecular weight excluding hydrogens is 312 g/mol. The summed E-state index contributed by atoms with van der Waals surface area (Å²) in [5.41, 5.74) is 1.18. The Morgan fingerprint density at radius 2 is 1.96 bits per heavy atom. The van der Waals surface area contributed by atoms with Crippen LogP contribution in [-0.4, -0.2) is 24.9 Å². The van der Waals surface area contributed by atoms with Crippen LogP contribution >= 0.6 is 11.8 Å². The lowest BCUT2D eigenvalue weighted by atomic mass is 10.2. The monoisotopic (exact) mass is 326 g/mol. The van der Waals surface area contributed by atoms with Crippen molar-refractivity contribution in [1.29, 1.82) is 5.26 Å². The zero-order chi connectivity index (χ0) is 16.1. The van der Waals surface area contributed by atoms with Crippen LogP contribution in [0.3, 0.4) is 0 Å². The highest BCUT2D eigenvalue weighted by atomic mass is 32.2. The quantitative estimate of drug-likeness (QED) is 0.873. The average molecular weight is 326 g/mol. The highest BCUT2D eigenvalue weighted by Gasteiger charge is 2.15. The molecule has 1 heterocycles. The molecule has 0 fully saturated rings. The summed E-state index contributed by atoms with van der Waals surface area (Å²) in [7, 11) is 0. The number of rotatable bonds is 4. The molecule has 1 aliphatic rings. The third-order valence-electron chi connectivity index (χ3n) is 3.22.